The summed E-state index contributed by atoms with van der Waals surface area (Å²) in [6.07, 6.45) is 3.27. The average Bonchev–Trinajstić information content (AvgIpc) is 2.98. The first-order valence-corrected chi connectivity index (χ1v) is 14.3. The Labute approximate surface area is 218 Å². The first kappa shape index (κ1) is 28.6. The molecule has 1 aliphatic heterocycles. The molecule has 0 saturated carbocycles. The number of carbonyl (C=O) groups excluding carboxylic acids is 1. The summed E-state index contributed by atoms with van der Waals surface area (Å²) >= 11 is 0. The largest absolute Gasteiger partial charge is 0.496 e. The standard InChI is InChI=1S/C27H37N3O6S/c1-4-6-12-27(5-2)18-37(34,35)23-13-20(15-29-24(31)16-28-17-25(32)33)22(36-3)14-21(23)26(30-27)19-10-8-7-9-11-19/h7-11,13-14,26,28,30H,4-6,12,15-18H2,1-3H3,(H,29,31)(H,32,33)/t26-,27-/m1/s1. The van der Waals surface area contributed by atoms with Gasteiger partial charge in [-0.3, -0.25) is 20.2 Å². The molecule has 0 saturated heterocycles. The van der Waals surface area contributed by atoms with Crippen molar-refractivity contribution in [1.82, 2.24) is 16.0 Å². The highest BCUT2D eigenvalue weighted by Crippen LogP contribution is 2.40. The second-order valence-electron chi connectivity index (χ2n) is 9.46. The zero-order valence-corrected chi connectivity index (χ0v) is 22.5. The Bertz CT molecular complexity index is 1200. The van der Waals surface area contributed by atoms with Crippen molar-refractivity contribution in [2.24, 2.45) is 0 Å². The molecule has 0 aliphatic carbocycles. The molecule has 0 radical (unpaired) electrons. The molecule has 202 valence electrons. The normalized spacial score (nSPS) is 20.5. The summed E-state index contributed by atoms with van der Waals surface area (Å²) in [6.45, 7) is 3.65. The molecular formula is C27H37N3O6S. The summed E-state index contributed by atoms with van der Waals surface area (Å²) in [7, 11) is -2.18. The van der Waals surface area contributed by atoms with Gasteiger partial charge in [0.25, 0.3) is 0 Å². The molecule has 37 heavy (non-hydrogen) atoms. The van der Waals surface area contributed by atoms with E-state index in [1.54, 1.807) is 12.1 Å². The van der Waals surface area contributed by atoms with Crippen LogP contribution in [0, 0.1) is 0 Å². The lowest BCUT2D eigenvalue weighted by Gasteiger charge is -2.36. The number of unbranched alkanes of at least 4 members (excludes halogenated alkanes) is 1. The lowest BCUT2D eigenvalue weighted by Crippen LogP contribution is -2.50. The Morgan fingerprint density at radius 3 is 2.51 bits per heavy atom. The van der Waals surface area contributed by atoms with Crippen molar-refractivity contribution in [1.29, 1.82) is 0 Å². The average molecular weight is 532 g/mol. The monoisotopic (exact) mass is 531 g/mol. The maximum atomic E-state index is 13.9. The molecule has 10 heteroatoms. The van der Waals surface area contributed by atoms with Gasteiger partial charge >= 0.3 is 5.97 Å². The lowest BCUT2D eigenvalue weighted by atomic mass is 9.88. The van der Waals surface area contributed by atoms with Crippen molar-refractivity contribution >= 4 is 21.7 Å². The third kappa shape index (κ3) is 7.09. The van der Waals surface area contributed by atoms with Crippen LogP contribution < -0.4 is 20.7 Å². The van der Waals surface area contributed by atoms with Gasteiger partial charge in [-0.2, -0.15) is 0 Å². The summed E-state index contributed by atoms with van der Waals surface area (Å²) in [5, 5.41) is 17.7. The van der Waals surface area contributed by atoms with Gasteiger partial charge in [0.05, 0.1) is 36.9 Å². The minimum atomic E-state index is -3.69. The van der Waals surface area contributed by atoms with E-state index in [9.17, 15) is 18.0 Å². The highest BCUT2D eigenvalue weighted by molar-refractivity contribution is 7.91. The molecule has 3 rings (SSSR count). The predicted octanol–water partition coefficient (Wildman–Crippen LogP) is 2.79. The Hall–Kier alpha value is -2.95. The van der Waals surface area contributed by atoms with Crippen molar-refractivity contribution in [3.8, 4) is 5.75 Å². The van der Waals surface area contributed by atoms with Gasteiger partial charge in [-0.25, -0.2) is 8.42 Å². The van der Waals surface area contributed by atoms with Gasteiger partial charge in [0.2, 0.25) is 5.91 Å². The molecule has 1 amide bonds. The molecule has 0 spiro atoms. The molecule has 9 nitrogen and oxygen atoms in total. The summed E-state index contributed by atoms with van der Waals surface area (Å²) < 4.78 is 33.4. The molecule has 2 aromatic carbocycles. The number of benzene rings is 2. The van der Waals surface area contributed by atoms with E-state index in [1.165, 1.54) is 7.11 Å². The van der Waals surface area contributed by atoms with Crippen molar-refractivity contribution in [2.75, 3.05) is 26.0 Å². The fraction of sp³-hybridized carbons (Fsp3) is 0.481. The Kier molecular flexibility index (Phi) is 9.69. The van der Waals surface area contributed by atoms with E-state index in [1.807, 2.05) is 37.3 Å². The highest BCUT2D eigenvalue weighted by atomic mass is 32.2. The second-order valence-corrected chi connectivity index (χ2v) is 11.4. The smallest absolute Gasteiger partial charge is 0.317 e. The van der Waals surface area contributed by atoms with E-state index in [4.69, 9.17) is 9.84 Å². The van der Waals surface area contributed by atoms with E-state index < -0.39 is 27.3 Å². The Morgan fingerprint density at radius 1 is 1.16 bits per heavy atom. The predicted molar refractivity (Wildman–Crippen MR) is 141 cm³/mol. The molecule has 2 atom stereocenters. The highest BCUT2D eigenvalue weighted by Gasteiger charge is 2.42. The number of ether oxygens (including phenoxy) is 1. The van der Waals surface area contributed by atoms with Crippen LogP contribution in [-0.2, 0) is 26.0 Å². The number of amides is 1. The lowest BCUT2D eigenvalue weighted by molar-refractivity contribution is -0.136. The number of fused-ring (bicyclic) bond motifs is 1. The van der Waals surface area contributed by atoms with E-state index in [0.29, 0.717) is 23.3 Å². The van der Waals surface area contributed by atoms with Gasteiger partial charge in [-0.1, -0.05) is 57.0 Å². The topological polar surface area (TPSA) is 134 Å². The minimum absolute atomic E-state index is 0.0237. The first-order valence-electron chi connectivity index (χ1n) is 12.6. The second kappa shape index (κ2) is 12.5. The number of carboxylic acids is 1. The number of carbonyl (C=O) groups is 2. The number of carboxylic acid groups (broad SMARTS) is 1. The number of hydrogen-bond donors (Lipinski definition) is 4. The number of hydrogen-bond acceptors (Lipinski definition) is 7. The molecule has 0 unspecified atom stereocenters. The van der Waals surface area contributed by atoms with Gasteiger partial charge in [0, 0.05) is 17.6 Å². The fourth-order valence-corrected chi connectivity index (χ4v) is 6.97. The summed E-state index contributed by atoms with van der Waals surface area (Å²) in [5.74, 6) is -1.03. The molecule has 1 aliphatic rings. The van der Waals surface area contributed by atoms with Crippen LogP contribution in [0.1, 0.15) is 62.3 Å². The van der Waals surface area contributed by atoms with Crippen LogP contribution in [0.25, 0.3) is 0 Å². The maximum absolute atomic E-state index is 13.9. The van der Waals surface area contributed by atoms with Gasteiger partial charge in [-0.15, -0.1) is 0 Å². The minimum Gasteiger partial charge on any atom is -0.496 e. The van der Waals surface area contributed by atoms with Crippen molar-refractivity contribution in [3.63, 3.8) is 0 Å². The molecule has 0 aromatic heterocycles. The summed E-state index contributed by atoms with van der Waals surface area (Å²) in [4.78, 5) is 23.1. The van der Waals surface area contributed by atoms with Gasteiger partial charge in [0.1, 0.15) is 5.75 Å². The third-order valence-corrected chi connectivity index (χ3v) is 8.79. The Morgan fingerprint density at radius 2 is 1.89 bits per heavy atom. The summed E-state index contributed by atoms with van der Waals surface area (Å²) in [6, 6.07) is 12.8. The fourth-order valence-electron chi connectivity index (χ4n) is 4.80. The van der Waals surface area contributed by atoms with Crippen molar-refractivity contribution < 1.29 is 27.9 Å². The van der Waals surface area contributed by atoms with E-state index in [0.717, 1.165) is 24.8 Å². The van der Waals surface area contributed by atoms with Crippen LogP contribution in [0.3, 0.4) is 0 Å². The zero-order valence-electron chi connectivity index (χ0n) is 21.7. The SMILES string of the molecule is CCCC[C@]1(CC)CS(=O)(=O)c2cc(CNC(=O)CNCC(=O)O)c(OC)cc2[C@@H](c2ccccc2)N1. The van der Waals surface area contributed by atoms with E-state index >= 15 is 0 Å². The molecule has 0 bridgehead atoms. The number of methoxy groups -OCH3 is 1. The molecular weight excluding hydrogens is 494 g/mol. The zero-order chi connectivity index (χ0) is 27.1. The summed E-state index contributed by atoms with van der Waals surface area (Å²) in [5.41, 5.74) is 1.52. The third-order valence-electron chi connectivity index (χ3n) is 6.83. The van der Waals surface area contributed by atoms with Crippen LogP contribution in [-0.4, -0.2) is 56.9 Å². The van der Waals surface area contributed by atoms with E-state index in [-0.39, 0.29) is 36.3 Å². The molecule has 1 heterocycles. The van der Waals surface area contributed by atoms with Crippen LogP contribution in [0.2, 0.25) is 0 Å². The first-order chi connectivity index (χ1) is 17.6. The van der Waals surface area contributed by atoms with Gasteiger partial charge in [0.15, 0.2) is 9.84 Å². The Balaban J connectivity index is 2.04. The van der Waals surface area contributed by atoms with Crippen LogP contribution in [0.15, 0.2) is 47.4 Å². The maximum Gasteiger partial charge on any atom is 0.317 e. The van der Waals surface area contributed by atoms with Crippen LogP contribution in [0.4, 0.5) is 0 Å². The van der Waals surface area contributed by atoms with Crippen LogP contribution >= 0.6 is 0 Å². The van der Waals surface area contributed by atoms with Gasteiger partial charge < -0.3 is 15.2 Å². The molecule has 2 aromatic rings. The van der Waals surface area contributed by atoms with Crippen LogP contribution in [0.5, 0.6) is 5.75 Å². The number of sulfone groups is 1. The molecule has 4 N–H and O–H groups in total. The number of rotatable bonds is 12. The van der Waals surface area contributed by atoms with Crippen molar-refractivity contribution in [3.05, 3.63) is 59.2 Å². The van der Waals surface area contributed by atoms with Gasteiger partial charge in [-0.05, 0) is 36.1 Å². The quantitative estimate of drug-likeness (QED) is 0.329. The number of nitrogens with one attached hydrogen (secondary N) is 3. The number of aliphatic carboxylic acids is 1. The molecule has 0 fully saturated rings. The van der Waals surface area contributed by atoms with E-state index in [2.05, 4.69) is 22.9 Å². The van der Waals surface area contributed by atoms with Crippen molar-refractivity contribution in [2.45, 2.75) is 62.6 Å².